The van der Waals surface area contributed by atoms with E-state index in [1.165, 1.54) is 18.5 Å². The normalized spacial score (nSPS) is 13.6. The van der Waals surface area contributed by atoms with E-state index in [0.29, 0.717) is 59.2 Å². The highest BCUT2D eigenvalue weighted by molar-refractivity contribution is 6.03. The number of hydrogen-bond acceptors (Lipinski definition) is 9. The Morgan fingerprint density at radius 1 is 1.03 bits per heavy atom. The van der Waals surface area contributed by atoms with Gasteiger partial charge in [-0.05, 0) is 44.0 Å². The minimum Gasteiger partial charge on any atom is -0.489 e. The molecule has 1 saturated heterocycles. The lowest BCUT2D eigenvalue weighted by atomic mass is 9.92. The molecule has 11 heteroatoms. The Balaban J connectivity index is 1.26. The first kappa shape index (κ1) is 26.0. The molecule has 0 unspecified atom stereocenters. The molecule has 5 N–H and O–H groups in total. The summed E-state index contributed by atoms with van der Waals surface area (Å²) in [5.74, 6) is 1.78. The van der Waals surface area contributed by atoms with Gasteiger partial charge in [-0.1, -0.05) is 0 Å². The fraction of sp³-hybridized carbons (Fsp3) is 0.250. The Morgan fingerprint density at radius 2 is 1.74 bits per heavy atom. The number of aromatic nitrogens is 4. The van der Waals surface area contributed by atoms with Gasteiger partial charge in [-0.3, -0.25) is 5.41 Å². The van der Waals surface area contributed by atoms with Gasteiger partial charge < -0.3 is 25.3 Å². The third kappa shape index (κ3) is 6.63. The Labute approximate surface area is 224 Å². The number of nitrogens with zero attached hydrogens (tertiary/aromatic N) is 4. The van der Waals surface area contributed by atoms with Crippen molar-refractivity contribution < 1.29 is 24.0 Å². The first-order valence-electron chi connectivity index (χ1n) is 12.5. The summed E-state index contributed by atoms with van der Waals surface area (Å²) in [5, 5.41) is 9.77. The molecule has 2 aromatic carbocycles. The maximum atomic E-state index is 14.3. The van der Waals surface area contributed by atoms with Crippen LogP contribution in [0, 0.1) is 18.7 Å². The number of hydrogen-bond donors (Lipinski definition) is 3. The lowest BCUT2D eigenvalue weighted by molar-refractivity contribution is -0.121. The minimum atomic E-state index is -0.480. The topological polar surface area (TPSA) is 143 Å². The fourth-order valence-corrected chi connectivity index (χ4v) is 4.17. The van der Waals surface area contributed by atoms with Gasteiger partial charge >= 0.3 is 0 Å². The van der Waals surface area contributed by atoms with Crippen molar-refractivity contribution >= 4 is 22.9 Å². The molecule has 1 aliphatic heterocycles. The maximum absolute atomic E-state index is 14.3. The second-order valence-electron chi connectivity index (χ2n) is 9.13. The van der Waals surface area contributed by atoms with Crippen molar-refractivity contribution in [3.63, 3.8) is 0 Å². The summed E-state index contributed by atoms with van der Waals surface area (Å²) < 4.78 is 31.3. The van der Waals surface area contributed by atoms with Gasteiger partial charge in [0.05, 0.1) is 0 Å². The van der Waals surface area contributed by atoms with Crippen molar-refractivity contribution in [3.05, 3.63) is 84.1 Å². The second kappa shape index (κ2) is 11.8. The van der Waals surface area contributed by atoms with E-state index in [2.05, 4.69) is 25.3 Å². The molecule has 0 spiro atoms. The number of aryl methyl sites for hydroxylation is 1. The lowest BCUT2D eigenvalue weighted by Gasteiger charge is -2.21. The Bertz CT molecular complexity index is 1440. The number of nitrogens with two attached hydrogens (primary N) is 2. The smallest absolute Gasteiger partial charge is 0.204 e. The van der Waals surface area contributed by atoms with Crippen LogP contribution < -0.4 is 25.9 Å². The zero-order chi connectivity index (χ0) is 27.2. The molecule has 0 amide bonds. The molecule has 5 rings (SSSR count). The molecule has 0 bridgehead atoms. The molecule has 4 aromatic rings. The fourth-order valence-electron chi connectivity index (χ4n) is 4.17. The predicted octanol–water partition coefficient (Wildman–Crippen LogP) is 3.39. The monoisotopic (exact) mass is 530 g/mol. The number of benzene rings is 2. The van der Waals surface area contributed by atoms with Crippen LogP contribution in [0.1, 0.15) is 29.9 Å². The van der Waals surface area contributed by atoms with E-state index in [4.69, 9.17) is 25.4 Å². The van der Waals surface area contributed by atoms with Crippen molar-refractivity contribution in [2.45, 2.75) is 26.4 Å². The van der Waals surface area contributed by atoms with Crippen LogP contribution in [0.25, 0.3) is 0 Å². The number of nitrogens with one attached hydrogen (secondary N) is 1. The molecular weight excluding hydrogens is 501 g/mol. The highest BCUT2D eigenvalue weighted by atomic mass is 19.1. The SMILES string of the molecule is Cc1ncc(COc2cc(F)cc(Oc3ccc(Nc4c(N)ncnc4C(=[NH2+])C4CCOCC4)cc3)c2)cn1. The van der Waals surface area contributed by atoms with Crippen molar-refractivity contribution in [3.8, 4) is 17.2 Å². The molecule has 3 heterocycles. The average molecular weight is 531 g/mol. The van der Waals surface area contributed by atoms with Crippen molar-refractivity contribution in [2.24, 2.45) is 5.92 Å². The van der Waals surface area contributed by atoms with Crippen LogP contribution in [-0.4, -0.2) is 38.9 Å². The third-order valence-corrected chi connectivity index (χ3v) is 6.26. The number of halogens is 1. The van der Waals surface area contributed by atoms with E-state index in [0.717, 1.165) is 24.1 Å². The standard InChI is InChI=1S/C28H28FN7O3/c1-17-32-13-18(14-33-17)15-38-23-10-20(29)11-24(12-23)39-22-4-2-21(3-5-22)36-27-26(34-16-35-28(27)31)25(30)19-6-8-37-9-7-19/h2-5,10-14,16,19,30,36H,6-9,15H2,1H3,(H2,31,34,35)/p+1. The summed E-state index contributed by atoms with van der Waals surface area (Å²) in [4.78, 5) is 16.8. The largest absolute Gasteiger partial charge is 0.489 e. The van der Waals surface area contributed by atoms with E-state index in [-0.39, 0.29) is 12.5 Å². The van der Waals surface area contributed by atoms with Gasteiger partial charge in [0.2, 0.25) is 5.71 Å². The summed E-state index contributed by atoms with van der Waals surface area (Å²) in [6.45, 7) is 3.33. The molecule has 1 aliphatic rings. The number of nitrogen functional groups attached to an aromatic ring is 1. The molecule has 0 aliphatic carbocycles. The Morgan fingerprint density at radius 3 is 2.49 bits per heavy atom. The zero-order valence-corrected chi connectivity index (χ0v) is 21.4. The van der Waals surface area contributed by atoms with Gasteiger partial charge in [0.25, 0.3) is 0 Å². The van der Waals surface area contributed by atoms with Crippen LogP contribution in [-0.2, 0) is 11.3 Å². The van der Waals surface area contributed by atoms with Crippen LogP contribution in [0.4, 0.5) is 21.6 Å². The molecule has 39 heavy (non-hydrogen) atoms. The molecule has 0 radical (unpaired) electrons. The maximum Gasteiger partial charge on any atom is 0.204 e. The average Bonchev–Trinajstić information content (AvgIpc) is 2.95. The highest BCUT2D eigenvalue weighted by Gasteiger charge is 2.28. The van der Waals surface area contributed by atoms with E-state index in [1.807, 2.05) is 12.1 Å². The van der Waals surface area contributed by atoms with Crippen LogP contribution >= 0.6 is 0 Å². The van der Waals surface area contributed by atoms with Crippen LogP contribution in [0.2, 0.25) is 0 Å². The summed E-state index contributed by atoms with van der Waals surface area (Å²) in [6.07, 6.45) is 6.40. The Hall–Kier alpha value is -4.64. The van der Waals surface area contributed by atoms with Gasteiger partial charge in [-0.2, -0.15) is 0 Å². The van der Waals surface area contributed by atoms with Crippen molar-refractivity contribution in [2.75, 3.05) is 24.3 Å². The molecule has 0 atom stereocenters. The lowest BCUT2D eigenvalue weighted by Crippen LogP contribution is -2.47. The predicted molar refractivity (Wildman–Crippen MR) is 143 cm³/mol. The van der Waals surface area contributed by atoms with Gasteiger partial charge in [-0.15, -0.1) is 0 Å². The zero-order valence-electron chi connectivity index (χ0n) is 21.4. The quantitative estimate of drug-likeness (QED) is 0.278. The van der Waals surface area contributed by atoms with Crippen molar-refractivity contribution in [1.82, 2.24) is 19.9 Å². The minimum absolute atomic E-state index is 0.162. The Kier molecular flexibility index (Phi) is 7.88. The van der Waals surface area contributed by atoms with Gasteiger partial charge in [0, 0.05) is 61.0 Å². The van der Waals surface area contributed by atoms with Crippen molar-refractivity contribution in [1.29, 1.82) is 0 Å². The molecule has 0 saturated carbocycles. The molecule has 200 valence electrons. The van der Waals surface area contributed by atoms with Gasteiger partial charge in [0.1, 0.15) is 47.5 Å². The number of rotatable bonds is 9. The number of anilines is 3. The summed E-state index contributed by atoms with van der Waals surface area (Å²) in [7, 11) is 0. The second-order valence-corrected chi connectivity index (χ2v) is 9.13. The third-order valence-electron chi connectivity index (χ3n) is 6.26. The van der Waals surface area contributed by atoms with Gasteiger partial charge in [0.15, 0.2) is 11.5 Å². The first-order valence-corrected chi connectivity index (χ1v) is 12.5. The summed E-state index contributed by atoms with van der Waals surface area (Å²) in [6, 6.07) is 11.3. The highest BCUT2D eigenvalue weighted by Crippen LogP contribution is 2.31. The molecule has 1 fully saturated rings. The summed E-state index contributed by atoms with van der Waals surface area (Å²) in [5.41, 5.74) is 9.47. The van der Waals surface area contributed by atoms with Crippen LogP contribution in [0.5, 0.6) is 17.2 Å². The summed E-state index contributed by atoms with van der Waals surface area (Å²) >= 11 is 0. The van der Waals surface area contributed by atoms with E-state index >= 15 is 0 Å². The van der Waals surface area contributed by atoms with E-state index in [1.54, 1.807) is 37.5 Å². The van der Waals surface area contributed by atoms with E-state index < -0.39 is 5.82 Å². The molecule has 2 aromatic heterocycles. The van der Waals surface area contributed by atoms with Crippen LogP contribution in [0.15, 0.2) is 61.2 Å². The molecule has 10 nitrogen and oxygen atoms in total. The molecular formula is C28H29FN7O3+. The van der Waals surface area contributed by atoms with E-state index in [9.17, 15) is 4.39 Å². The number of ether oxygens (including phenoxy) is 3. The van der Waals surface area contributed by atoms with Crippen LogP contribution in [0.3, 0.4) is 0 Å². The first-order chi connectivity index (χ1) is 18.9. The van der Waals surface area contributed by atoms with Gasteiger partial charge in [-0.25, -0.2) is 24.3 Å².